The molecule has 11 heavy (non-hydrogen) atoms. The van der Waals surface area contributed by atoms with Gasteiger partial charge in [-0.3, -0.25) is 0 Å². The van der Waals surface area contributed by atoms with E-state index >= 15 is 0 Å². The quantitative estimate of drug-likeness (QED) is 0.701. The zero-order chi connectivity index (χ0) is 8.32. The Labute approximate surface area is 74.3 Å². The molecule has 1 nitrogen and oxygen atoms in total. The smallest absolute Gasteiger partial charge is 0.0125 e. The highest BCUT2D eigenvalue weighted by Crippen LogP contribution is 2.29. The summed E-state index contributed by atoms with van der Waals surface area (Å²) in [7, 11) is 2.06. The molecule has 0 aliphatic carbocycles. The molecular formula is C9H19NS. The highest BCUT2D eigenvalue weighted by Gasteiger charge is 2.23. The van der Waals surface area contributed by atoms with Gasteiger partial charge in [0.25, 0.3) is 0 Å². The van der Waals surface area contributed by atoms with Crippen molar-refractivity contribution in [2.24, 2.45) is 5.92 Å². The highest BCUT2D eigenvalue weighted by atomic mass is 32.2. The Bertz CT molecular complexity index is 117. The van der Waals surface area contributed by atoms with E-state index in [1.807, 2.05) is 0 Å². The van der Waals surface area contributed by atoms with Crippen LogP contribution in [-0.4, -0.2) is 24.1 Å². The SMILES string of the molecule is CNC(C)(C)CC1CCSC1. The minimum absolute atomic E-state index is 0.343. The number of hydrogen-bond acceptors (Lipinski definition) is 2. The molecule has 0 radical (unpaired) electrons. The van der Waals surface area contributed by atoms with Crippen molar-refractivity contribution in [3.05, 3.63) is 0 Å². The Kier molecular flexibility index (Phi) is 3.26. The number of hydrogen-bond donors (Lipinski definition) is 1. The van der Waals surface area contributed by atoms with Gasteiger partial charge in [0, 0.05) is 5.54 Å². The molecule has 1 atom stereocenters. The third kappa shape index (κ3) is 3.04. The van der Waals surface area contributed by atoms with E-state index in [-0.39, 0.29) is 0 Å². The lowest BCUT2D eigenvalue weighted by atomic mass is 9.90. The van der Waals surface area contributed by atoms with Crippen molar-refractivity contribution in [3.63, 3.8) is 0 Å². The lowest BCUT2D eigenvalue weighted by Gasteiger charge is -2.26. The molecule has 0 aromatic rings. The van der Waals surface area contributed by atoms with E-state index in [9.17, 15) is 0 Å². The molecule has 0 saturated carbocycles. The lowest BCUT2D eigenvalue weighted by Crippen LogP contribution is -2.38. The van der Waals surface area contributed by atoms with Crippen LogP contribution in [0, 0.1) is 5.92 Å². The molecule has 1 rings (SSSR count). The zero-order valence-electron chi connectivity index (χ0n) is 7.81. The number of thioether (sulfide) groups is 1. The second kappa shape index (κ2) is 3.81. The Hall–Kier alpha value is 0.310. The van der Waals surface area contributed by atoms with Crippen molar-refractivity contribution in [3.8, 4) is 0 Å². The minimum atomic E-state index is 0.343. The fraction of sp³-hybridized carbons (Fsp3) is 1.00. The van der Waals surface area contributed by atoms with Gasteiger partial charge < -0.3 is 5.32 Å². The van der Waals surface area contributed by atoms with Gasteiger partial charge in [-0.2, -0.15) is 11.8 Å². The van der Waals surface area contributed by atoms with Crippen molar-refractivity contribution < 1.29 is 0 Å². The van der Waals surface area contributed by atoms with Gasteiger partial charge in [0.1, 0.15) is 0 Å². The average Bonchev–Trinajstić information content (AvgIpc) is 2.39. The fourth-order valence-corrected chi connectivity index (χ4v) is 2.85. The monoisotopic (exact) mass is 173 g/mol. The number of rotatable bonds is 3. The summed E-state index contributed by atoms with van der Waals surface area (Å²) in [5.41, 5.74) is 0.343. The first kappa shape index (κ1) is 9.40. The van der Waals surface area contributed by atoms with E-state index < -0.39 is 0 Å². The lowest BCUT2D eigenvalue weighted by molar-refractivity contribution is 0.331. The fourth-order valence-electron chi connectivity index (χ4n) is 1.57. The van der Waals surface area contributed by atoms with Crippen LogP contribution < -0.4 is 5.32 Å². The summed E-state index contributed by atoms with van der Waals surface area (Å²) < 4.78 is 0. The molecule has 0 spiro atoms. The summed E-state index contributed by atoms with van der Waals surface area (Å²) in [6.45, 7) is 4.58. The van der Waals surface area contributed by atoms with Gasteiger partial charge in [-0.05, 0) is 51.2 Å². The van der Waals surface area contributed by atoms with Crippen molar-refractivity contribution in [2.45, 2.75) is 32.2 Å². The normalized spacial score (nSPS) is 25.9. The van der Waals surface area contributed by atoms with E-state index in [1.165, 1.54) is 24.3 Å². The van der Waals surface area contributed by atoms with Crippen LogP contribution in [0.25, 0.3) is 0 Å². The van der Waals surface area contributed by atoms with E-state index in [4.69, 9.17) is 0 Å². The molecule has 0 aromatic heterocycles. The third-order valence-electron chi connectivity index (χ3n) is 2.50. The summed E-state index contributed by atoms with van der Waals surface area (Å²) in [6, 6.07) is 0. The predicted molar refractivity (Wildman–Crippen MR) is 53.2 cm³/mol. The highest BCUT2D eigenvalue weighted by molar-refractivity contribution is 7.99. The molecule has 0 bridgehead atoms. The minimum Gasteiger partial charge on any atom is -0.315 e. The van der Waals surface area contributed by atoms with Crippen LogP contribution in [0.2, 0.25) is 0 Å². The largest absolute Gasteiger partial charge is 0.315 e. The summed E-state index contributed by atoms with van der Waals surface area (Å²) >= 11 is 2.11. The summed E-state index contributed by atoms with van der Waals surface area (Å²) in [6.07, 6.45) is 2.76. The first-order valence-corrected chi connectivity index (χ1v) is 5.56. The standard InChI is InChI=1S/C9H19NS/c1-9(2,10-3)6-8-4-5-11-7-8/h8,10H,4-7H2,1-3H3. The molecule has 1 unspecified atom stereocenters. The van der Waals surface area contributed by atoms with E-state index in [2.05, 4.69) is 38.0 Å². The molecule has 66 valence electrons. The van der Waals surface area contributed by atoms with Crippen LogP contribution in [0.15, 0.2) is 0 Å². The van der Waals surface area contributed by atoms with Crippen LogP contribution in [0.3, 0.4) is 0 Å². The molecule has 2 heteroatoms. The maximum absolute atomic E-state index is 3.36. The molecule has 0 amide bonds. The van der Waals surface area contributed by atoms with E-state index in [1.54, 1.807) is 0 Å². The second-order valence-electron chi connectivity index (χ2n) is 4.07. The van der Waals surface area contributed by atoms with Crippen molar-refractivity contribution in [1.29, 1.82) is 0 Å². The van der Waals surface area contributed by atoms with Crippen molar-refractivity contribution in [2.75, 3.05) is 18.6 Å². The first-order chi connectivity index (χ1) is 5.14. The maximum Gasteiger partial charge on any atom is 0.0125 e. The second-order valence-corrected chi connectivity index (χ2v) is 5.22. The van der Waals surface area contributed by atoms with Gasteiger partial charge in [-0.1, -0.05) is 0 Å². The van der Waals surface area contributed by atoms with Gasteiger partial charge in [-0.25, -0.2) is 0 Å². The third-order valence-corrected chi connectivity index (χ3v) is 3.73. The summed E-state index contributed by atoms with van der Waals surface area (Å²) in [4.78, 5) is 0. The van der Waals surface area contributed by atoms with Crippen molar-refractivity contribution >= 4 is 11.8 Å². The Morgan fingerprint density at radius 1 is 1.55 bits per heavy atom. The zero-order valence-corrected chi connectivity index (χ0v) is 8.63. The van der Waals surface area contributed by atoms with E-state index in [0.717, 1.165) is 5.92 Å². The Morgan fingerprint density at radius 3 is 2.73 bits per heavy atom. The molecule has 1 fully saturated rings. The molecule has 1 saturated heterocycles. The summed E-state index contributed by atoms with van der Waals surface area (Å²) in [5.74, 6) is 3.72. The molecule has 1 N–H and O–H groups in total. The molecule has 1 heterocycles. The molecule has 0 aromatic carbocycles. The molecular weight excluding hydrogens is 154 g/mol. The van der Waals surface area contributed by atoms with Crippen LogP contribution in [0.5, 0.6) is 0 Å². The van der Waals surface area contributed by atoms with Crippen LogP contribution >= 0.6 is 11.8 Å². The van der Waals surface area contributed by atoms with Crippen LogP contribution in [0.1, 0.15) is 26.7 Å². The van der Waals surface area contributed by atoms with Crippen LogP contribution in [0.4, 0.5) is 0 Å². The number of nitrogens with one attached hydrogen (secondary N) is 1. The van der Waals surface area contributed by atoms with E-state index in [0.29, 0.717) is 5.54 Å². The van der Waals surface area contributed by atoms with Crippen molar-refractivity contribution in [1.82, 2.24) is 5.32 Å². The van der Waals surface area contributed by atoms with Gasteiger partial charge in [-0.15, -0.1) is 0 Å². The topological polar surface area (TPSA) is 12.0 Å². The van der Waals surface area contributed by atoms with Gasteiger partial charge in [0.15, 0.2) is 0 Å². The van der Waals surface area contributed by atoms with Gasteiger partial charge >= 0.3 is 0 Å². The first-order valence-electron chi connectivity index (χ1n) is 4.41. The molecule has 1 aliphatic rings. The summed E-state index contributed by atoms with van der Waals surface area (Å²) in [5, 5.41) is 3.36. The maximum atomic E-state index is 3.36. The van der Waals surface area contributed by atoms with Crippen LogP contribution in [-0.2, 0) is 0 Å². The van der Waals surface area contributed by atoms with Gasteiger partial charge in [0.05, 0.1) is 0 Å². The van der Waals surface area contributed by atoms with Gasteiger partial charge in [0.2, 0.25) is 0 Å². The molecule has 1 aliphatic heterocycles. The average molecular weight is 173 g/mol. The predicted octanol–water partition coefficient (Wildman–Crippen LogP) is 2.13. The Balaban J connectivity index is 2.28. The Morgan fingerprint density at radius 2 is 2.27 bits per heavy atom.